The zero-order valence-electron chi connectivity index (χ0n) is 9.77. The molecule has 6 heteroatoms. The Balaban J connectivity index is 2.58. The van der Waals surface area contributed by atoms with Crippen molar-refractivity contribution in [3.63, 3.8) is 0 Å². The second-order valence-electron chi connectivity index (χ2n) is 3.52. The van der Waals surface area contributed by atoms with Crippen LogP contribution in [0.15, 0.2) is 24.3 Å². The summed E-state index contributed by atoms with van der Waals surface area (Å²) in [5.74, 6) is -0.924. The Morgan fingerprint density at radius 2 is 2.06 bits per heavy atom. The lowest BCUT2D eigenvalue weighted by Crippen LogP contribution is -2.22. The number of halogens is 1. The van der Waals surface area contributed by atoms with E-state index in [1.807, 2.05) is 0 Å². The summed E-state index contributed by atoms with van der Waals surface area (Å²) >= 11 is 5.88. The summed E-state index contributed by atoms with van der Waals surface area (Å²) in [5.41, 5.74) is 1.28. The van der Waals surface area contributed by atoms with Crippen molar-refractivity contribution in [2.45, 2.75) is 0 Å². The Bertz CT molecular complexity index is 553. The summed E-state index contributed by atoms with van der Waals surface area (Å²) in [6, 6.07) is 4.79. The van der Waals surface area contributed by atoms with E-state index in [1.54, 1.807) is 18.2 Å². The quantitative estimate of drug-likeness (QED) is 0.606. The van der Waals surface area contributed by atoms with Gasteiger partial charge in [0.25, 0.3) is 5.91 Å². The maximum absolute atomic E-state index is 12.0. The molecule has 0 radical (unpaired) electrons. The Labute approximate surface area is 108 Å². The Morgan fingerprint density at radius 3 is 2.67 bits per heavy atom. The van der Waals surface area contributed by atoms with Gasteiger partial charge >= 0.3 is 5.97 Å². The first-order chi connectivity index (χ1) is 8.58. The number of amides is 1. The minimum absolute atomic E-state index is 0.312. The number of carbonyl (C=O) groups is 2. The van der Waals surface area contributed by atoms with Gasteiger partial charge in [-0.15, -0.1) is 0 Å². The number of rotatable bonds is 2. The lowest BCUT2D eigenvalue weighted by Gasteiger charge is -2.13. The smallest absolute Gasteiger partial charge is 0.332 e. The summed E-state index contributed by atoms with van der Waals surface area (Å²) in [6.07, 6.45) is 1.18. The molecule has 1 aromatic carbocycles. The predicted octanol–water partition coefficient (Wildman–Crippen LogP) is 1.87. The van der Waals surface area contributed by atoms with E-state index in [9.17, 15) is 9.59 Å². The number of esters is 1. The summed E-state index contributed by atoms with van der Waals surface area (Å²) in [4.78, 5) is 28.3. The summed E-state index contributed by atoms with van der Waals surface area (Å²) in [7, 11) is 2.60. The van der Waals surface area contributed by atoms with Gasteiger partial charge in [-0.05, 0) is 18.2 Å². The molecule has 0 saturated carbocycles. The van der Waals surface area contributed by atoms with E-state index in [0.29, 0.717) is 21.8 Å². The van der Waals surface area contributed by atoms with Gasteiger partial charge in [-0.2, -0.15) is 5.06 Å². The highest BCUT2D eigenvalue weighted by Gasteiger charge is 2.33. The number of methoxy groups -OCH3 is 1. The monoisotopic (exact) mass is 267 g/mol. The second kappa shape index (κ2) is 4.80. The number of ether oxygens (including phenoxy) is 1. The van der Waals surface area contributed by atoms with E-state index >= 15 is 0 Å². The van der Waals surface area contributed by atoms with Gasteiger partial charge in [0.15, 0.2) is 0 Å². The molecule has 0 aromatic heterocycles. The normalized spacial score (nSPS) is 16.1. The minimum atomic E-state index is -0.576. The number of hydrogen-bond acceptors (Lipinski definition) is 4. The first-order valence-corrected chi connectivity index (χ1v) is 5.44. The van der Waals surface area contributed by atoms with E-state index < -0.39 is 5.97 Å². The molecule has 0 N–H and O–H groups in total. The number of hydrogen-bond donors (Lipinski definition) is 0. The molecule has 5 nitrogen and oxygen atoms in total. The SMILES string of the molecule is COC(=O)/C=C1\c2cc(Cl)ccc2C(=O)N1OC. The average Bonchev–Trinajstić information content (AvgIpc) is 2.61. The maximum atomic E-state index is 12.0. The van der Waals surface area contributed by atoms with E-state index in [-0.39, 0.29) is 5.91 Å². The fraction of sp³-hybridized carbons (Fsp3) is 0.167. The van der Waals surface area contributed by atoms with Crippen molar-refractivity contribution in [2.75, 3.05) is 14.2 Å². The fourth-order valence-electron chi connectivity index (χ4n) is 1.73. The van der Waals surface area contributed by atoms with Gasteiger partial charge in [-0.1, -0.05) is 11.6 Å². The minimum Gasteiger partial charge on any atom is -0.466 e. The van der Waals surface area contributed by atoms with Crippen LogP contribution >= 0.6 is 11.6 Å². The molecule has 0 aliphatic carbocycles. The third kappa shape index (κ3) is 1.98. The van der Waals surface area contributed by atoms with E-state index in [0.717, 1.165) is 5.06 Å². The zero-order chi connectivity index (χ0) is 13.3. The number of nitrogens with zero attached hydrogens (tertiary/aromatic N) is 1. The molecule has 94 valence electrons. The molecular weight excluding hydrogens is 258 g/mol. The number of carbonyl (C=O) groups excluding carboxylic acids is 2. The van der Waals surface area contributed by atoms with E-state index in [4.69, 9.17) is 16.4 Å². The first-order valence-electron chi connectivity index (χ1n) is 5.06. The summed E-state index contributed by atoms with van der Waals surface area (Å²) < 4.78 is 4.54. The summed E-state index contributed by atoms with van der Waals surface area (Å²) in [6.45, 7) is 0. The van der Waals surface area contributed by atoms with Gasteiger partial charge in [0.2, 0.25) is 0 Å². The molecule has 1 heterocycles. The Kier molecular flexibility index (Phi) is 3.36. The molecule has 0 unspecified atom stereocenters. The zero-order valence-corrected chi connectivity index (χ0v) is 10.5. The van der Waals surface area contributed by atoms with Crippen LogP contribution in [0.2, 0.25) is 5.02 Å². The maximum Gasteiger partial charge on any atom is 0.332 e. The van der Waals surface area contributed by atoms with Crippen molar-refractivity contribution in [3.8, 4) is 0 Å². The highest BCUT2D eigenvalue weighted by molar-refractivity contribution is 6.31. The molecular formula is C12H10ClNO4. The lowest BCUT2D eigenvalue weighted by molar-refractivity contribution is -0.135. The molecule has 0 fully saturated rings. The van der Waals surface area contributed by atoms with Gasteiger partial charge < -0.3 is 4.74 Å². The lowest BCUT2D eigenvalue weighted by atomic mass is 10.1. The first kappa shape index (κ1) is 12.6. The molecule has 2 rings (SSSR count). The summed E-state index contributed by atoms with van der Waals surface area (Å²) in [5, 5.41) is 1.49. The van der Waals surface area contributed by atoms with Crippen LogP contribution in [0.25, 0.3) is 5.70 Å². The van der Waals surface area contributed by atoms with Gasteiger partial charge in [0, 0.05) is 10.6 Å². The van der Waals surface area contributed by atoms with E-state index in [1.165, 1.54) is 20.3 Å². The molecule has 1 aliphatic rings. The predicted molar refractivity (Wildman–Crippen MR) is 64.6 cm³/mol. The van der Waals surface area contributed by atoms with Crippen molar-refractivity contribution in [1.82, 2.24) is 5.06 Å². The van der Waals surface area contributed by atoms with Crippen LogP contribution in [-0.4, -0.2) is 31.2 Å². The van der Waals surface area contributed by atoms with Crippen molar-refractivity contribution in [1.29, 1.82) is 0 Å². The van der Waals surface area contributed by atoms with Crippen LogP contribution in [0, 0.1) is 0 Å². The largest absolute Gasteiger partial charge is 0.466 e. The van der Waals surface area contributed by atoms with Gasteiger partial charge in [0.1, 0.15) is 0 Å². The molecule has 1 amide bonds. The number of benzene rings is 1. The fourth-order valence-corrected chi connectivity index (χ4v) is 1.90. The number of hydroxylamine groups is 2. The molecule has 18 heavy (non-hydrogen) atoms. The second-order valence-corrected chi connectivity index (χ2v) is 3.96. The molecule has 0 spiro atoms. The molecule has 1 aliphatic heterocycles. The highest BCUT2D eigenvalue weighted by Crippen LogP contribution is 2.34. The molecule has 0 atom stereocenters. The van der Waals surface area contributed by atoms with Crippen LogP contribution in [0.1, 0.15) is 15.9 Å². The van der Waals surface area contributed by atoms with Crippen LogP contribution in [0.4, 0.5) is 0 Å². The Hall–Kier alpha value is -1.85. The van der Waals surface area contributed by atoms with Crippen LogP contribution in [0.5, 0.6) is 0 Å². The average molecular weight is 268 g/mol. The topological polar surface area (TPSA) is 55.8 Å². The van der Waals surface area contributed by atoms with Crippen LogP contribution in [0.3, 0.4) is 0 Å². The van der Waals surface area contributed by atoms with Crippen LogP contribution in [-0.2, 0) is 14.4 Å². The third-order valence-electron chi connectivity index (χ3n) is 2.53. The number of fused-ring (bicyclic) bond motifs is 1. The van der Waals surface area contributed by atoms with Crippen molar-refractivity contribution in [2.24, 2.45) is 0 Å². The van der Waals surface area contributed by atoms with Crippen molar-refractivity contribution >= 4 is 29.2 Å². The molecule has 0 bridgehead atoms. The van der Waals surface area contributed by atoms with Gasteiger partial charge in [-0.3, -0.25) is 9.63 Å². The van der Waals surface area contributed by atoms with E-state index in [2.05, 4.69) is 4.74 Å². The molecule has 0 saturated heterocycles. The Morgan fingerprint density at radius 1 is 1.33 bits per heavy atom. The van der Waals surface area contributed by atoms with Gasteiger partial charge in [-0.25, -0.2) is 4.79 Å². The molecule has 1 aromatic rings. The van der Waals surface area contributed by atoms with Crippen molar-refractivity contribution in [3.05, 3.63) is 40.4 Å². The third-order valence-corrected chi connectivity index (χ3v) is 2.76. The van der Waals surface area contributed by atoms with Crippen LogP contribution < -0.4 is 0 Å². The highest BCUT2D eigenvalue weighted by atomic mass is 35.5. The van der Waals surface area contributed by atoms with Gasteiger partial charge in [0.05, 0.1) is 31.6 Å². The van der Waals surface area contributed by atoms with Crippen molar-refractivity contribution < 1.29 is 19.2 Å². The standard InChI is InChI=1S/C12H10ClNO4/c1-17-11(15)6-10-9-5-7(13)3-4-8(9)12(16)14(10)18-2/h3-6H,1-2H3/b10-6+.